The highest BCUT2D eigenvalue weighted by molar-refractivity contribution is 6.00. The average molecular weight is 587 g/mol. The van der Waals surface area contributed by atoms with Crippen LogP contribution in [0.25, 0.3) is 11.1 Å². The number of phenols is 3. The van der Waals surface area contributed by atoms with Crippen molar-refractivity contribution in [2.45, 2.75) is 43.4 Å². The van der Waals surface area contributed by atoms with Crippen molar-refractivity contribution in [1.82, 2.24) is 0 Å². The molecule has 2 saturated heterocycles. The minimum absolute atomic E-state index is 0.00458. The highest BCUT2D eigenvalue weighted by Crippen LogP contribution is 2.40. The van der Waals surface area contributed by atoms with Gasteiger partial charge in [0.15, 0.2) is 6.10 Å². The van der Waals surface area contributed by atoms with Gasteiger partial charge < -0.3 is 54.3 Å². The zero-order valence-corrected chi connectivity index (χ0v) is 22.1. The molecule has 6 N–H and O–H groups in total. The van der Waals surface area contributed by atoms with E-state index in [-0.39, 0.29) is 35.2 Å². The number of aliphatic hydroxyl groups is 3. The van der Waals surface area contributed by atoms with Crippen LogP contribution in [0.4, 0.5) is 0 Å². The van der Waals surface area contributed by atoms with Gasteiger partial charge in [0.05, 0.1) is 25.0 Å². The molecule has 0 saturated carbocycles. The standard InChI is InChI=1S/C29H30O13/c1-2-16-17-6-7-38-26(36)19(17)12-39-28(16)42-29-25(24(35)23(34)21(11-30)40-29)41-27(37)22-18(9-15(32)10-20(22)33)13-4-3-5-14(31)8-13/h2-5,8-10,12,16-17,21,23-25,28-35H,1,6-7,11H2/t16-,17+,21+,23+,24-,25+,28-,29+/m0/s1. The van der Waals surface area contributed by atoms with Gasteiger partial charge in [0.25, 0.3) is 0 Å². The summed E-state index contributed by atoms with van der Waals surface area (Å²) in [5.41, 5.74) is 0.119. The van der Waals surface area contributed by atoms with Crippen molar-refractivity contribution in [3.8, 4) is 28.4 Å². The second kappa shape index (κ2) is 12.0. The van der Waals surface area contributed by atoms with E-state index in [1.807, 2.05) is 0 Å². The first kappa shape index (κ1) is 29.4. The van der Waals surface area contributed by atoms with Gasteiger partial charge in [-0.15, -0.1) is 6.58 Å². The lowest BCUT2D eigenvalue weighted by molar-refractivity contribution is -0.338. The fourth-order valence-electron chi connectivity index (χ4n) is 5.36. The van der Waals surface area contributed by atoms with Gasteiger partial charge in [-0.2, -0.15) is 0 Å². The monoisotopic (exact) mass is 586 g/mol. The Labute approximate surface area is 239 Å². The second-order valence-electron chi connectivity index (χ2n) is 10.1. The molecule has 3 aliphatic heterocycles. The smallest absolute Gasteiger partial charge is 0.343 e. The third-order valence-electron chi connectivity index (χ3n) is 7.48. The number of fused-ring (bicyclic) bond motifs is 1. The predicted molar refractivity (Wildman–Crippen MR) is 141 cm³/mol. The Kier molecular flexibility index (Phi) is 8.38. The molecule has 13 heteroatoms. The van der Waals surface area contributed by atoms with E-state index in [9.17, 15) is 40.2 Å². The molecule has 224 valence electrons. The lowest BCUT2D eigenvalue weighted by Gasteiger charge is -2.44. The van der Waals surface area contributed by atoms with E-state index in [1.54, 1.807) is 0 Å². The highest BCUT2D eigenvalue weighted by atomic mass is 16.8. The van der Waals surface area contributed by atoms with Crippen LogP contribution in [0.3, 0.4) is 0 Å². The van der Waals surface area contributed by atoms with E-state index < -0.39 is 72.8 Å². The van der Waals surface area contributed by atoms with Crippen LogP contribution in [0.15, 0.2) is 60.9 Å². The first-order valence-corrected chi connectivity index (χ1v) is 13.1. The van der Waals surface area contributed by atoms with Gasteiger partial charge in [0, 0.05) is 23.5 Å². The first-order chi connectivity index (χ1) is 20.1. The zero-order chi connectivity index (χ0) is 30.1. The number of aromatic hydroxyl groups is 3. The molecular formula is C29H30O13. The summed E-state index contributed by atoms with van der Waals surface area (Å²) in [6.07, 6.45) is -6.13. The molecule has 0 aliphatic carbocycles. The fourth-order valence-corrected chi connectivity index (χ4v) is 5.36. The minimum Gasteiger partial charge on any atom is -0.508 e. The molecule has 2 fully saturated rings. The van der Waals surface area contributed by atoms with Gasteiger partial charge in [0.2, 0.25) is 12.6 Å². The molecular weight excluding hydrogens is 556 g/mol. The SMILES string of the molecule is C=C[C@@H]1[C@H](O[C@H]2O[C@H](CO)[C@@H](O)[C@H](O)[C@H]2OC(=O)c2c(O)cc(O)cc2-c2cccc(O)c2)OC=C2C(=O)OCC[C@@H]21. The van der Waals surface area contributed by atoms with Gasteiger partial charge in [-0.3, -0.25) is 0 Å². The molecule has 0 aromatic heterocycles. The molecule has 5 rings (SSSR count). The number of aliphatic hydroxyl groups excluding tert-OH is 3. The van der Waals surface area contributed by atoms with Crippen molar-refractivity contribution in [3.05, 3.63) is 66.5 Å². The van der Waals surface area contributed by atoms with Gasteiger partial charge in [0.1, 0.15) is 41.1 Å². The van der Waals surface area contributed by atoms with Gasteiger partial charge in [-0.1, -0.05) is 18.2 Å². The molecule has 3 aliphatic rings. The number of carbonyl (C=O) groups is 2. The Balaban J connectivity index is 1.46. The Morgan fingerprint density at radius 1 is 1.07 bits per heavy atom. The summed E-state index contributed by atoms with van der Waals surface area (Å²) in [4.78, 5) is 25.7. The van der Waals surface area contributed by atoms with Crippen molar-refractivity contribution < 1.29 is 63.9 Å². The predicted octanol–water partition coefficient (Wildman–Crippen LogP) is 1.06. The third-order valence-corrected chi connectivity index (χ3v) is 7.48. The number of carbonyl (C=O) groups excluding carboxylic acids is 2. The Hall–Kier alpha value is -4.14. The molecule has 13 nitrogen and oxygen atoms in total. The van der Waals surface area contributed by atoms with E-state index in [2.05, 4.69) is 6.58 Å². The van der Waals surface area contributed by atoms with Crippen LogP contribution < -0.4 is 0 Å². The number of ether oxygens (including phenoxy) is 5. The van der Waals surface area contributed by atoms with E-state index in [0.29, 0.717) is 12.0 Å². The Morgan fingerprint density at radius 3 is 2.57 bits per heavy atom. The molecule has 3 heterocycles. The van der Waals surface area contributed by atoms with Crippen molar-refractivity contribution in [2.75, 3.05) is 13.2 Å². The van der Waals surface area contributed by atoms with Crippen LogP contribution in [-0.4, -0.2) is 92.8 Å². The lowest BCUT2D eigenvalue weighted by Crippen LogP contribution is -2.61. The fraction of sp³-hybridized carbons (Fsp3) is 0.379. The summed E-state index contributed by atoms with van der Waals surface area (Å²) in [7, 11) is 0. The van der Waals surface area contributed by atoms with Crippen LogP contribution in [-0.2, 0) is 28.5 Å². The molecule has 8 atom stereocenters. The van der Waals surface area contributed by atoms with E-state index >= 15 is 0 Å². The molecule has 2 aromatic carbocycles. The van der Waals surface area contributed by atoms with Crippen LogP contribution in [0.2, 0.25) is 0 Å². The highest BCUT2D eigenvalue weighted by Gasteiger charge is 2.50. The maximum atomic E-state index is 13.5. The summed E-state index contributed by atoms with van der Waals surface area (Å²) >= 11 is 0. The van der Waals surface area contributed by atoms with Gasteiger partial charge >= 0.3 is 11.9 Å². The molecule has 0 bridgehead atoms. The van der Waals surface area contributed by atoms with Crippen LogP contribution in [0, 0.1) is 11.8 Å². The molecule has 42 heavy (non-hydrogen) atoms. The molecule has 0 spiro atoms. The number of hydrogen-bond acceptors (Lipinski definition) is 13. The van der Waals surface area contributed by atoms with Gasteiger partial charge in [-0.25, -0.2) is 9.59 Å². The number of cyclic esters (lactones) is 1. The number of benzene rings is 2. The van der Waals surface area contributed by atoms with E-state index in [1.165, 1.54) is 42.7 Å². The van der Waals surface area contributed by atoms with Crippen molar-refractivity contribution in [3.63, 3.8) is 0 Å². The zero-order valence-electron chi connectivity index (χ0n) is 22.1. The summed E-state index contributed by atoms with van der Waals surface area (Å²) in [5, 5.41) is 61.9. The quantitative estimate of drug-likeness (QED) is 0.199. The van der Waals surface area contributed by atoms with Crippen molar-refractivity contribution in [2.24, 2.45) is 11.8 Å². The molecule has 0 radical (unpaired) electrons. The minimum atomic E-state index is -1.82. The summed E-state index contributed by atoms with van der Waals surface area (Å²) in [6, 6.07) is 7.77. The molecule has 0 amide bonds. The van der Waals surface area contributed by atoms with Gasteiger partial charge in [-0.05, 0) is 30.2 Å². The van der Waals surface area contributed by atoms with Crippen LogP contribution in [0.1, 0.15) is 16.8 Å². The van der Waals surface area contributed by atoms with Crippen molar-refractivity contribution in [1.29, 1.82) is 0 Å². The first-order valence-electron chi connectivity index (χ1n) is 13.1. The summed E-state index contributed by atoms with van der Waals surface area (Å²) in [5.74, 6) is -3.88. The summed E-state index contributed by atoms with van der Waals surface area (Å²) in [6.45, 7) is 3.27. The topological polar surface area (TPSA) is 202 Å². The molecule has 0 unspecified atom stereocenters. The number of esters is 2. The number of hydrogen-bond donors (Lipinski definition) is 6. The van der Waals surface area contributed by atoms with E-state index in [0.717, 1.165) is 6.07 Å². The van der Waals surface area contributed by atoms with Crippen LogP contribution in [0.5, 0.6) is 17.2 Å². The Bertz CT molecular complexity index is 1390. The maximum Gasteiger partial charge on any atom is 0.343 e. The van der Waals surface area contributed by atoms with Crippen molar-refractivity contribution >= 4 is 11.9 Å². The lowest BCUT2D eigenvalue weighted by atomic mass is 9.81. The van der Waals surface area contributed by atoms with E-state index in [4.69, 9.17) is 23.7 Å². The third kappa shape index (κ3) is 5.52. The number of rotatable bonds is 7. The normalized spacial score (nSPS) is 30.7. The van der Waals surface area contributed by atoms with Crippen LogP contribution >= 0.6 is 0 Å². The average Bonchev–Trinajstić information content (AvgIpc) is 2.96. The second-order valence-corrected chi connectivity index (χ2v) is 10.1. The maximum absolute atomic E-state index is 13.5. The Morgan fingerprint density at radius 2 is 1.86 bits per heavy atom. The summed E-state index contributed by atoms with van der Waals surface area (Å²) < 4.78 is 27.9. The largest absolute Gasteiger partial charge is 0.508 e. The molecule has 2 aromatic rings. The number of phenolic OH excluding ortho intramolecular Hbond substituents is 3.